The van der Waals surface area contributed by atoms with Crippen molar-refractivity contribution in [2.45, 2.75) is 0 Å². The summed E-state index contributed by atoms with van der Waals surface area (Å²) in [6.07, 6.45) is 0.795. The van der Waals surface area contributed by atoms with Crippen LogP contribution in [0.1, 0.15) is 1.37 Å². The molecule has 0 saturated carbocycles. The standard InChI is InChI=1S/C13H8F3N3O2/c1-2-11(20)19-12-9(16)3-7(14)4-10(12)21-13-17-5-8(15)6-18-13/h2-6H,1H2,(H,19,20)/i5D. The minimum absolute atomic E-state index is 0.446. The first-order valence-electron chi connectivity index (χ1n) is 6.00. The summed E-state index contributed by atoms with van der Waals surface area (Å²) in [5.41, 5.74) is -0.467. The average Bonchev–Trinajstić information content (AvgIpc) is 2.46. The molecule has 8 heteroatoms. The minimum atomic E-state index is -1.10. The molecule has 1 heterocycles. The van der Waals surface area contributed by atoms with E-state index in [1.807, 2.05) is 0 Å². The van der Waals surface area contributed by atoms with Gasteiger partial charge in [-0.3, -0.25) is 4.79 Å². The number of hydrogen-bond acceptors (Lipinski definition) is 4. The molecule has 0 fully saturated rings. The van der Waals surface area contributed by atoms with E-state index in [0.717, 1.165) is 12.1 Å². The second kappa shape index (κ2) is 6.04. The Morgan fingerprint density at radius 3 is 2.76 bits per heavy atom. The van der Waals surface area contributed by atoms with Crippen LogP contribution < -0.4 is 10.1 Å². The molecule has 2 rings (SSSR count). The van der Waals surface area contributed by atoms with Gasteiger partial charge in [-0.1, -0.05) is 6.58 Å². The van der Waals surface area contributed by atoms with Crippen LogP contribution in [0.15, 0.2) is 37.2 Å². The predicted molar refractivity (Wildman–Crippen MR) is 67.2 cm³/mol. The quantitative estimate of drug-likeness (QED) is 0.881. The van der Waals surface area contributed by atoms with E-state index in [1.54, 1.807) is 0 Å². The highest BCUT2D eigenvalue weighted by atomic mass is 19.1. The third-order valence-electron chi connectivity index (χ3n) is 2.20. The van der Waals surface area contributed by atoms with Crippen molar-refractivity contribution >= 4 is 11.6 Å². The molecule has 1 amide bonds. The van der Waals surface area contributed by atoms with E-state index in [1.165, 1.54) is 0 Å². The van der Waals surface area contributed by atoms with Crippen molar-refractivity contribution in [1.82, 2.24) is 9.97 Å². The second-order valence-corrected chi connectivity index (χ2v) is 3.67. The Labute approximate surface area is 118 Å². The van der Waals surface area contributed by atoms with Crippen molar-refractivity contribution in [3.05, 3.63) is 54.6 Å². The number of nitrogens with zero attached hydrogens (tertiary/aromatic N) is 2. The summed E-state index contributed by atoms with van der Waals surface area (Å²) in [7, 11) is 0. The molecule has 0 saturated heterocycles. The lowest BCUT2D eigenvalue weighted by atomic mass is 10.2. The highest BCUT2D eigenvalue weighted by Gasteiger charge is 2.16. The maximum absolute atomic E-state index is 13.7. The average molecular weight is 296 g/mol. The Morgan fingerprint density at radius 2 is 2.10 bits per heavy atom. The minimum Gasteiger partial charge on any atom is -0.422 e. The molecule has 0 aliphatic heterocycles. The summed E-state index contributed by atoms with van der Waals surface area (Å²) in [6.45, 7) is 3.20. The number of aromatic nitrogens is 2. The number of carbonyl (C=O) groups is 1. The number of benzene rings is 1. The van der Waals surface area contributed by atoms with Gasteiger partial charge >= 0.3 is 6.01 Å². The number of anilines is 1. The Bertz CT molecular complexity index is 756. The van der Waals surface area contributed by atoms with Crippen molar-refractivity contribution in [2.75, 3.05) is 5.32 Å². The fraction of sp³-hybridized carbons (Fsp3) is 0. The van der Waals surface area contributed by atoms with Crippen molar-refractivity contribution in [3.63, 3.8) is 0 Å². The molecule has 0 spiro atoms. The molecule has 0 aliphatic carbocycles. The van der Waals surface area contributed by atoms with Gasteiger partial charge in [0.05, 0.1) is 13.7 Å². The van der Waals surface area contributed by atoms with Crippen molar-refractivity contribution in [1.29, 1.82) is 0 Å². The van der Waals surface area contributed by atoms with Gasteiger partial charge in [0.25, 0.3) is 0 Å². The van der Waals surface area contributed by atoms with Gasteiger partial charge < -0.3 is 10.1 Å². The van der Waals surface area contributed by atoms with Crippen LogP contribution in [0.5, 0.6) is 11.8 Å². The van der Waals surface area contributed by atoms with E-state index in [4.69, 9.17) is 6.11 Å². The van der Waals surface area contributed by atoms with E-state index in [0.29, 0.717) is 12.3 Å². The van der Waals surface area contributed by atoms with Gasteiger partial charge in [-0.15, -0.1) is 0 Å². The SMILES string of the molecule is [2H]c1nc(Oc2cc(F)cc(F)c2NC(=O)C=C)ncc1F. The molecule has 0 radical (unpaired) electrons. The molecule has 1 aromatic carbocycles. The van der Waals surface area contributed by atoms with Crippen LogP contribution in [0.4, 0.5) is 18.9 Å². The number of hydrogen-bond donors (Lipinski definition) is 1. The van der Waals surface area contributed by atoms with Crippen LogP contribution in [-0.2, 0) is 4.79 Å². The third-order valence-corrected chi connectivity index (χ3v) is 2.20. The van der Waals surface area contributed by atoms with Crippen LogP contribution in [0.3, 0.4) is 0 Å². The first kappa shape index (κ1) is 13.1. The Kier molecular flexibility index (Phi) is 3.77. The molecule has 21 heavy (non-hydrogen) atoms. The molecule has 1 N–H and O–H groups in total. The summed E-state index contributed by atoms with van der Waals surface area (Å²) >= 11 is 0. The molecule has 108 valence electrons. The highest BCUT2D eigenvalue weighted by Crippen LogP contribution is 2.31. The Balaban J connectivity index is 2.41. The summed E-state index contributed by atoms with van der Waals surface area (Å²) in [5.74, 6) is -4.26. The van der Waals surface area contributed by atoms with E-state index in [-0.39, 0.29) is 0 Å². The van der Waals surface area contributed by atoms with Gasteiger partial charge in [0.1, 0.15) is 11.5 Å². The smallest absolute Gasteiger partial charge is 0.322 e. The number of nitrogens with one attached hydrogen (secondary N) is 1. The fourth-order valence-corrected chi connectivity index (χ4v) is 1.34. The van der Waals surface area contributed by atoms with Crippen molar-refractivity contribution in [2.24, 2.45) is 0 Å². The summed E-state index contributed by atoms with van der Waals surface area (Å²) in [5, 5.41) is 2.10. The molecule has 1 aromatic heterocycles. The molecular weight excluding hydrogens is 287 g/mol. The molecule has 2 aromatic rings. The lowest BCUT2D eigenvalue weighted by Crippen LogP contribution is -2.10. The zero-order valence-electron chi connectivity index (χ0n) is 11.4. The summed E-state index contributed by atoms with van der Waals surface area (Å²) in [4.78, 5) is 18.0. The highest BCUT2D eigenvalue weighted by molar-refractivity contribution is 6.00. The van der Waals surface area contributed by atoms with Gasteiger partial charge in [-0.25, -0.2) is 23.1 Å². The summed E-state index contributed by atoms with van der Waals surface area (Å²) in [6, 6.07) is 0.802. The number of halogens is 3. The molecular formula is C13H8F3N3O2. The second-order valence-electron chi connectivity index (χ2n) is 3.67. The van der Waals surface area contributed by atoms with Gasteiger partial charge in [0.2, 0.25) is 5.91 Å². The third kappa shape index (κ3) is 3.56. The van der Waals surface area contributed by atoms with Gasteiger partial charge in [-0.05, 0) is 6.08 Å². The Hall–Kier alpha value is -2.90. The maximum atomic E-state index is 13.7. The number of carbonyl (C=O) groups excluding carboxylic acids is 1. The van der Waals surface area contributed by atoms with E-state index < -0.39 is 47.0 Å². The van der Waals surface area contributed by atoms with E-state index in [2.05, 4.69) is 21.9 Å². The summed E-state index contributed by atoms with van der Waals surface area (Å²) < 4.78 is 52.1. The van der Waals surface area contributed by atoms with Crippen LogP contribution in [0.2, 0.25) is 0 Å². The van der Waals surface area contributed by atoms with Crippen LogP contribution in [0, 0.1) is 17.5 Å². The topological polar surface area (TPSA) is 64.1 Å². The molecule has 0 aliphatic rings. The zero-order valence-corrected chi connectivity index (χ0v) is 10.4. The zero-order chi connectivity index (χ0) is 16.3. The van der Waals surface area contributed by atoms with Crippen LogP contribution in [-0.4, -0.2) is 15.9 Å². The molecule has 5 nitrogen and oxygen atoms in total. The van der Waals surface area contributed by atoms with Gasteiger partial charge in [0, 0.05) is 12.1 Å². The number of ether oxygens (including phenoxy) is 1. The van der Waals surface area contributed by atoms with E-state index in [9.17, 15) is 18.0 Å². The Morgan fingerprint density at radius 1 is 1.33 bits per heavy atom. The predicted octanol–water partition coefficient (Wildman–Crippen LogP) is 2.81. The normalized spacial score (nSPS) is 10.7. The first-order chi connectivity index (χ1) is 10.4. The van der Waals surface area contributed by atoms with E-state index >= 15 is 0 Å². The van der Waals surface area contributed by atoms with Gasteiger partial charge in [0.15, 0.2) is 17.4 Å². The largest absolute Gasteiger partial charge is 0.422 e. The lowest BCUT2D eigenvalue weighted by molar-refractivity contribution is -0.111. The van der Waals surface area contributed by atoms with Crippen molar-refractivity contribution in [3.8, 4) is 11.8 Å². The van der Waals surface area contributed by atoms with Crippen molar-refractivity contribution < 1.29 is 24.1 Å². The monoisotopic (exact) mass is 296 g/mol. The molecule has 0 unspecified atom stereocenters. The first-order valence-corrected chi connectivity index (χ1v) is 5.50. The maximum Gasteiger partial charge on any atom is 0.322 e. The van der Waals surface area contributed by atoms with Crippen LogP contribution >= 0.6 is 0 Å². The number of amides is 1. The molecule has 0 atom stereocenters. The lowest BCUT2D eigenvalue weighted by Gasteiger charge is -2.11. The molecule has 0 bridgehead atoms. The van der Waals surface area contributed by atoms with Gasteiger partial charge in [-0.2, -0.15) is 0 Å². The number of rotatable bonds is 4. The van der Waals surface area contributed by atoms with Crippen LogP contribution in [0.25, 0.3) is 0 Å². The fourth-order valence-electron chi connectivity index (χ4n) is 1.34.